The number of ether oxygens (including phenoxy) is 2. The van der Waals surface area contributed by atoms with Gasteiger partial charge in [-0.3, -0.25) is 0 Å². The highest BCUT2D eigenvalue weighted by Gasteiger charge is 2.08. The van der Waals surface area contributed by atoms with Crippen molar-refractivity contribution in [2.45, 2.75) is 0 Å². The number of H-pyrrole nitrogens is 1. The molecule has 3 aromatic rings. The maximum atomic E-state index is 9.48. The van der Waals surface area contributed by atoms with Gasteiger partial charge in [-0.1, -0.05) is 12.1 Å². The Balaban J connectivity index is 2.06. The molecular formula is C18H15N3O2. The second kappa shape index (κ2) is 6.24. The number of rotatable bonds is 4. The second-order valence-electron chi connectivity index (χ2n) is 4.92. The van der Waals surface area contributed by atoms with Crippen molar-refractivity contribution in [2.24, 2.45) is 0 Å². The van der Waals surface area contributed by atoms with Crippen molar-refractivity contribution in [3.8, 4) is 17.6 Å². The van der Waals surface area contributed by atoms with Crippen molar-refractivity contribution in [3.05, 3.63) is 53.9 Å². The fourth-order valence-electron chi connectivity index (χ4n) is 2.31. The smallest absolute Gasteiger partial charge is 0.149 e. The molecule has 1 N–H and O–H groups in total. The molecule has 0 atom stereocenters. The molecule has 0 fully saturated rings. The molecule has 23 heavy (non-hydrogen) atoms. The third kappa shape index (κ3) is 3.01. The predicted molar refractivity (Wildman–Crippen MR) is 89.1 cm³/mol. The molecule has 114 valence electrons. The molecular weight excluding hydrogens is 290 g/mol. The normalized spacial score (nSPS) is 11.3. The summed E-state index contributed by atoms with van der Waals surface area (Å²) in [7, 11) is 3.18. The number of hydrogen-bond donors (Lipinski definition) is 1. The summed E-state index contributed by atoms with van der Waals surface area (Å²) in [6.45, 7) is 0. The Morgan fingerprint density at radius 1 is 1.13 bits per heavy atom. The summed E-state index contributed by atoms with van der Waals surface area (Å²) in [6, 6.07) is 15.3. The number of methoxy groups -OCH3 is 2. The predicted octanol–water partition coefficient (Wildman–Crippen LogP) is 3.64. The lowest BCUT2D eigenvalue weighted by atomic mass is 10.1. The monoisotopic (exact) mass is 305 g/mol. The van der Waals surface area contributed by atoms with Crippen molar-refractivity contribution >= 4 is 22.7 Å². The number of nitrogens with zero attached hydrogens (tertiary/aromatic N) is 2. The fourth-order valence-corrected chi connectivity index (χ4v) is 2.31. The average Bonchev–Trinajstić information content (AvgIpc) is 3.03. The minimum absolute atomic E-state index is 0.441. The van der Waals surface area contributed by atoms with Gasteiger partial charge in [0.2, 0.25) is 0 Å². The molecule has 0 aliphatic heterocycles. The largest absolute Gasteiger partial charge is 0.497 e. The van der Waals surface area contributed by atoms with Crippen molar-refractivity contribution < 1.29 is 9.47 Å². The van der Waals surface area contributed by atoms with E-state index in [-0.39, 0.29) is 0 Å². The molecule has 0 radical (unpaired) electrons. The average molecular weight is 305 g/mol. The Morgan fingerprint density at radius 2 is 1.83 bits per heavy atom. The van der Waals surface area contributed by atoms with Gasteiger partial charge >= 0.3 is 0 Å². The van der Waals surface area contributed by atoms with Crippen LogP contribution in [0.15, 0.2) is 42.5 Å². The van der Waals surface area contributed by atoms with Crippen LogP contribution in [0, 0.1) is 11.3 Å². The van der Waals surface area contributed by atoms with Gasteiger partial charge < -0.3 is 14.5 Å². The van der Waals surface area contributed by atoms with Crippen molar-refractivity contribution in [1.82, 2.24) is 9.97 Å². The summed E-state index contributed by atoms with van der Waals surface area (Å²) in [5, 5.41) is 9.48. The van der Waals surface area contributed by atoms with E-state index in [4.69, 9.17) is 9.47 Å². The molecule has 0 unspecified atom stereocenters. The van der Waals surface area contributed by atoms with E-state index in [1.54, 1.807) is 26.4 Å². The number of benzene rings is 2. The molecule has 2 aromatic carbocycles. The molecule has 5 nitrogen and oxygen atoms in total. The van der Waals surface area contributed by atoms with E-state index in [0.717, 1.165) is 16.6 Å². The maximum Gasteiger partial charge on any atom is 0.149 e. The first kappa shape index (κ1) is 14.7. The summed E-state index contributed by atoms with van der Waals surface area (Å²) in [5.41, 5.74) is 2.97. The summed E-state index contributed by atoms with van der Waals surface area (Å²) in [5.74, 6) is 1.87. The number of allylic oxidation sites excluding steroid dienone is 1. The number of aromatic nitrogens is 2. The SMILES string of the molecule is COc1cc(/C=C(\C#N)c2nc3ccccc3[nH]2)cc(OC)c1. The van der Waals surface area contributed by atoms with Crippen LogP contribution in [0.5, 0.6) is 11.5 Å². The Kier molecular flexibility index (Phi) is 3.98. The highest BCUT2D eigenvalue weighted by molar-refractivity contribution is 5.90. The summed E-state index contributed by atoms with van der Waals surface area (Å²) in [4.78, 5) is 7.62. The Bertz CT molecular complexity index is 864. The van der Waals surface area contributed by atoms with Crippen LogP contribution in [0.3, 0.4) is 0 Å². The molecule has 1 aromatic heterocycles. The Labute approximate surface area is 133 Å². The highest BCUT2D eigenvalue weighted by atomic mass is 16.5. The first-order valence-electron chi connectivity index (χ1n) is 7.03. The van der Waals surface area contributed by atoms with Gasteiger partial charge in [-0.05, 0) is 35.9 Å². The standard InChI is InChI=1S/C18H15N3O2/c1-22-14-8-12(9-15(10-14)23-2)7-13(11-19)18-20-16-5-3-4-6-17(16)21-18/h3-10H,1-2H3,(H,20,21)/b13-7+. The molecule has 3 rings (SSSR count). The number of para-hydroxylation sites is 2. The molecule has 0 spiro atoms. The molecule has 0 amide bonds. The van der Waals surface area contributed by atoms with Gasteiger partial charge in [0.05, 0.1) is 30.8 Å². The molecule has 0 saturated carbocycles. The van der Waals surface area contributed by atoms with Crippen molar-refractivity contribution in [3.63, 3.8) is 0 Å². The van der Waals surface area contributed by atoms with Crippen molar-refractivity contribution in [1.29, 1.82) is 5.26 Å². The van der Waals surface area contributed by atoms with Crippen LogP contribution >= 0.6 is 0 Å². The Morgan fingerprint density at radius 3 is 2.43 bits per heavy atom. The molecule has 0 aliphatic carbocycles. The molecule has 1 heterocycles. The minimum atomic E-state index is 0.441. The molecule has 0 saturated heterocycles. The van der Waals surface area contributed by atoms with Gasteiger partial charge in [-0.25, -0.2) is 4.98 Å². The number of nitrogens with one attached hydrogen (secondary N) is 1. The lowest BCUT2D eigenvalue weighted by Crippen LogP contribution is -1.89. The summed E-state index contributed by atoms with van der Waals surface area (Å²) < 4.78 is 10.5. The van der Waals surface area contributed by atoms with E-state index in [1.807, 2.05) is 36.4 Å². The minimum Gasteiger partial charge on any atom is -0.497 e. The fraction of sp³-hybridized carbons (Fsp3) is 0.111. The van der Waals surface area contributed by atoms with Crippen LogP contribution in [-0.4, -0.2) is 24.2 Å². The van der Waals surface area contributed by atoms with Gasteiger partial charge in [0.15, 0.2) is 0 Å². The van der Waals surface area contributed by atoms with E-state index >= 15 is 0 Å². The highest BCUT2D eigenvalue weighted by Crippen LogP contribution is 2.26. The van der Waals surface area contributed by atoms with Gasteiger partial charge in [0.25, 0.3) is 0 Å². The van der Waals surface area contributed by atoms with Crippen LogP contribution in [-0.2, 0) is 0 Å². The lowest BCUT2D eigenvalue weighted by molar-refractivity contribution is 0.394. The van der Waals surface area contributed by atoms with E-state index in [9.17, 15) is 5.26 Å². The number of nitriles is 1. The van der Waals surface area contributed by atoms with Crippen LogP contribution in [0.4, 0.5) is 0 Å². The number of imidazole rings is 1. The zero-order valence-corrected chi connectivity index (χ0v) is 12.8. The van der Waals surface area contributed by atoms with E-state index in [1.165, 1.54) is 0 Å². The van der Waals surface area contributed by atoms with Crippen molar-refractivity contribution in [2.75, 3.05) is 14.2 Å². The molecule has 0 aliphatic rings. The summed E-state index contributed by atoms with van der Waals surface area (Å²) >= 11 is 0. The number of aromatic amines is 1. The van der Waals surface area contributed by atoms with Gasteiger partial charge in [0.1, 0.15) is 23.4 Å². The lowest BCUT2D eigenvalue weighted by Gasteiger charge is -2.06. The zero-order valence-electron chi connectivity index (χ0n) is 12.8. The third-order valence-electron chi connectivity index (χ3n) is 3.45. The third-order valence-corrected chi connectivity index (χ3v) is 3.45. The molecule has 5 heteroatoms. The van der Waals surface area contributed by atoms with Gasteiger partial charge in [-0.2, -0.15) is 5.26 Å². The van der Waals surface area contributed by atoms with Crippen LogP contribution in [0.1, 0.15) is 11.4 Å². The van der Waals surface area contributed by atoms with E-state index < -0.39 is 0 Å². The van der Waals surface area contributed by atoms with E-state index in [0.29, 0.717) is 22.9 Å². The summed E-state index contributed by atoms with van der Waals surface area (Å²) in [6.07, 6.45) is 1.75. The Hall–Kier alpha value is -3.26. The second-order valence-corrected chi connectivity index (χ2v) is 4.92. The first-order valence-corrected chi connectivity index (χ1v) is 7.03. The number of hydrogen-bond acceptors (Lipinski definition) is 4. The first-order chi connectivity index (χ1) is 11.2. The van der Waals surface area contributed by atoms with Crippen LogP contribution in [0.2, 0.25) is 0 Å². The maximum absolute atomic E-state index is 9.48. The number of fused-ring (bicyclic) bond motifs is 1. The van der Waals surface area contributed by atoms with Crippen LogP contribution in [0.25, 0.3) is 22.7 Å². The molecule has 0 bridgehead atoms. The zero-order chi connectivity index (χ0) is 16.2. The van der Waals surface area contributed by atoms with E-state index in [2.05, 4.69) is 16.0 Å². The quantitative estimate of drug-likeness (QED) is 0.747. The van der Waals surface area contributed by atoms with Gasteiger partial charge in [0, 0.05) is 6.07 Å². The topological polar surface area (TPSA) is 70.9 Å². The van der Waals surface area contributed by atoms with Gasteiger partial charge in [-0.15, -0.1) is 0 Å². The van der Waals surface area contributed by atoms with Crippen LogP contribution < -0.4 is 9.47 Å².